The number of benzene rings is 1. The fraction of sp³-hybridized carbons (Fsp3) is 0.235. The molecule has 1 aromatic carbocycles. The van der Waals surface area contributed by atoms with E-state index in [0.717, 1.165) is 0 Å². The zero-order valence-corrected chi connectivity index (χ0v) is 14.2. The number of carbonyl (C=O) groups excluding carboxylic acids is 1. The summed E-state index contributed by atoms with van der Waals surface area (Å²) in [6.07, 6.45) is -0.551. The molecule has 0 spiro atoms. The van der Waals surface area contributed by atoms with Crippen LogP contribution < -0.4 is 15.8 Å². The van der Waals surface area contributed by atoms with Crippen LogP contribution in [0.3, 0.4) is 0 Å². The number of hydrogen-bond donors (Lipinski definition) is 3. The average molecular weight is 355 g/mol. The van der Waals surface area contributed by atoms with Crippen LogP contribution in [0.1, 0.15) is 29.8 Å². The Labute approximate surface area is 149 Å². The van der Waals surface area contributed by atoms with E-state index in [0.29, 0.717) is 11.1 Å². The first kappa shape index (κ1) is 18.7. The van der Waals surface area contributed by atoms with Gasteiger partial charge in [0.25, 0.3) is 0 Å². The number of ether oxygens (including phenoxy) is 1. The maximum absolute atomic E-state index is 11.5. The highest BCUT2D eigenvalue weighted by Gasteiger charge is 2.22. The molecular weight excluding hydrogens is 338 g/mol. The first-order valence-corrected chi connectivity index (χ1v) is 7.64. The minimum atomic E-state index is -1.33. The summed E-state index contributed by atoms with van der Waals surface area (Å²) in [6.45, 7) is 3.17. The lowest BCUT2D eigenvalue weighted by Gasteiger charge is -2.17. The van der Waals surface area contributed by atoms with E-state index in [1.54, 1.807) is 31.2 Å². The average Bonchev–Trinajstić information content (AvgIpc) is 2.59. The summed E-state index contributed by atoms with van der Waals surface area (Å²) in [5.41, 5.74) is 6.31. The minimum absolute atomic E-state index is 0.131. The minimum Gasteiger partial charge on any atom is -0.477 e. The van der Waals surface area contributed by atoms with Crippen molar-refractivity contribution in [2.45, 2.75) is 20.0 Å². The second kappa shape index (κ2) is 7.94. The molecule has 0 saturated carbocycles. The number of nitrogens with zero attached hydrogens (tertiary/aromatic N) is 3. The van der Waals surface area contributed by atoms with Crippen molar-refractivity contribution in [1.29, 1.82) is 5.26 Å². The normalized spacial score (nSPS) is 11.3. The van der Waals surface area contributed by atoms with Gasteiger partial charge in [0.05, 0.1) is 18.2 Å². The van der Waals surface area contributed by atoms with Crippen molar-refractivity contribution in [1.82, 2.24) is 15.3 Å². The third kappa shape index (κ3) is 4.45. The number of carboxylic acids is 1. The monoisotopic (exact) mass is 355 g/mol. The number of nitrogen functional groups attached to an aromatic ring is 1. The van der Waals surface area contributed by atoms with E-state index in [-0.39, 0.29) is 35.5 Å². The molecule has 2 rings (SSSR count). The predicted molar refractivity (Wildman–Crippen MR) is 92.3 cm³/mol. The Morgan fingerprint density at radius 3 is 2.77 bits per heavy atom. The molecule has 0 aliphatic carbocycles. The van der Waals surface area contributed by atoms with Gasteiger partial charge in [-0.2, -0.15) is 10.2 Å². The van der Waals surface area contributed by atoms with Gasteiger partial charge in [-0.3, -0.25) is 4.79 Å². The van der Waals surface area contributed by atoms with Gasteiger partial charge in [0.2, 0.25) is 11.8 Å². The third-order valence-electron chi connectivity index (χ3n) is 3.32. The topological polar surface area (TPSA) is 151 Å². The molecule has 0 aliphatic rings. The fourth-order valence-corrected chi connectivity index (χ4v) is 2.12. The Morgan fingerprint density at radius 2 is 2.15 bits per heavy atom. The summed E-state index contributed by atoms with van der Waals surface area (Å²) in [7, 11) is 0. The van der Waals surface area contributed by atoms with Crippen LogP contribution in [0, 0.1) is 11.3 Å². The van der Waals surface area contributed by atoms with Gasteiger partial charge in [-0.15, -0.1) is 0 Å². The number of nitriles is 1. The van der Waals surface area contributed by atoms with Gasteiger partial charge in [0.1, 0.15) is 11.9 Å². The lowest BCUT2D eigenvalue weighted by molar-refractivity contribution is -0.119. The van der Waals surface area contributed by atoms with Gasteiger partial charge in [0, 0.05) is 12.5 Å². The highest BCUT2D eigenvalue weighted by atomic mass is 16.5. The second-order valence-electron chi connectivity index (χ2n) is 5.48. The smallest absolute Gasteiger partial charge is 0.345 e. The number of nitrogens with two attached hydrogens (primary N) is 1. The Hall–Kier alpha value is -3.67. The molecule has 1 heterocycles. The maximum atomic E-state index is 11.5. The molecule has 1 aromatic heterocycles. The number of nitrogens with one attached hydrogen (secondary N) is 1. The number of rotatable bonds is 6. The number of anilines is 1. The Balaban J connectivity index is 2.44. The van der Waals surface area contributed by atoms with E-state index < -0.39 is 12.1 Å². The zero-order valence-electron chi connectivity index (χ0n) is 14.2. The highest BCUT2D eigenvalue weighted by Crippen LogP contribution is 2.27. The van der Waals surface area contributed by atoms with Crippen LogP contribution in [0.2, 0.25) is 0 Å². The van der Waals surface area contributed by atoms with Gasteiger partial charge in [-0.05, 0) is 19.1 Å². The maximum Gasteiger partial charge on any atom is 0.345 e. The lowest BCUT2D eigenvalue weighted by Crippen LogP contribution is -2.32. The van der Waals surface area contributed by atoms with Crippen molar-refractivity contribution in [3.63, 3.8) is 0 Å². The molecule has 0 fully saturated rings. The molecule has 134 valence electrons. The standard InChI is InChI=1S/C17H17N5O4/c1-9(8-20-10(2)23)26-16-13(17(24)25)14(19)21-15(22-16)12-5-3-4-11(6-12)7-18/h3-6,9H,8H2,1-2H3,(H,20,23)(H,24,25)(H2,19,21,22)/t9-/m0/s1. The molecule has 9 nitrogen and oxygen atoms in total. The van der Waals surface area contributed by atoms with Crippen molar-refractivity contribution in [2.75, 3.05) is 12.3 Å². The van der Waals surface area contributed by atoms with Crippen LogP contribution in [0.15, 0.2) is 24.3 Å². The highest BCUT2D eigenvalue weighted by molar-refractivity contribution is 5.95. The Kier molecular flexibility index (Phi) is 5.70. The first-order chi connectivity index (χ1) is 12.3. The molecule has 1 amide bonds. The van der Waals surface area contributed by atoms with E-state index in [1.165, 1.54) is 6.92 Å². The quantitative estimate of drug-likeness (QED) is 0.699. The van der Waals surface area contributed by atoms with Gasteiger partial charge >= 0.3 is 5.97 Å². The van der Waals surface area contributed by atoms with Gasteiger partial charge in [0.15, 0.2) is 11.4 Å². The molecule has 0 saturated heterocycles. The van der Waals surface area contributed by atoms with E-state index in [4.69, 9.17) is 15.7 Å². The molecule has 4 N–H and O–H groups in total. The van der Waals surface area contributed by atoms with Crippen LogP contribution in [0.5, 0.6) is 5.88 Å². The molecule has 1 atom stereocenters. The van der Waals surface area contributed by atoms with Gasteiger partial charge in [-0.25, -0.2) is 9.78 Å². The summed E-state index contributed by atoms with van der Waals surface area (Å²) in [5, 5.41) is 20.9. The lowest BCUT2D eigenvalue weighted by atomic mass is 10.1. The molecule has 0 radical (unpaired) electrons. The second-order valence-corrected chi connectivity index (χ2v) is 5.48. The summed E-state index contributed by atoms with van der Waals surface area (Å²) >= 11 is 0. The third-order valence-corrected chi connectivity index (χ3v) is 3.32. The zero-order chi connectivity index (χ0) is 19.3. The number of carboxylic acid groups (broad SMARTS) is 1. The largest absolute Gasteiger partial charge is 0.477 e. The fourth-order valence-electron chi connectivity index (χ4n) is 2.12. The summed E-state index contributed by atoms with van der Waals surface area (Å²) in [5.74, 6) is -1.91. The summed E-state index contributed by atoms with van der Waals surface area (Å²) < 4.78 is 5.57. The number of carbonyl (C=O) groups is 2. The van der Waals surface area contributed by atoms with Crippen molar-refractivity contribution < 1.29 is 19.4 Å². The SMILES string of the molecule is CC(=O)NC[C@H](C)Oc1nc(-c2cccc(C#N)c2)nc(N)c1C(=O)O. The van der Waals surface area contributed by atoms with Crippen molar-refractivity contribution >= 4 is 17.7 Å². The Bertz CT molecular complexity index is 891. The van der Waals surface area contributed by atoms with Crippen LogP contribution >= 0.6 is 0 Å². The number of aromatic carboxylic acids is 1. The Morgan fingerprint density at radius 1 is 1.42 bits per heavy atom. The molecule has 0 unspecified atom stereocenters. The van der Waals surface area contributed by atoms with E-state index in [1.807, 2.05) is 6.07 Å². The molecule has 0 bridgehead atoms. The van der Waals surface area contributed by atoms with Crippen LogP contribution in [0.25, 0.3) is 11.4 Å². The van der Waals surface area contributed by atoms with Crippen molar-refractivity contribution in [3.8, 4) is 23.3 Å². The summed E-state index contributed by atoms with van der Waals surface area (Å²) in [6, 6.07) is 8.49. The van der Waals surface area contributed by atoms with Crippen molar-refractivity contribution in [2.24, 2.45) is 0 Å². The van der Waals surface area contributed by atoms with Crippen LogP contribution in [0.4, 0.5) is 5.82 Å². The van der Waals surface area contributed by atoms with Crippen LogP contribution in [-0.2, 0) is 4.79 Å². The molecular formula is C17H17N5O4. The molecule has 26 heavy (non-hydrogen) atoms. The first-order valence-electron chi connectivity index (χ1n) is 7.64. The number of amides is 1. The number of hydrogen-bond acceptors (Lipinski definition) is 7. The molecule has 9 heteroatoms. The van der Waals surface area contributed by atoms with Crippen LogP contribution in [-0.4, -0.2) is 39.6 Å². The van der Waals surface area contributed by atoms with Gasteiger partial charge in [-0.1, -0.05) is 12.1 Å². The summed E-state index contributed by atoms with van der Waals surface area (Å²) in [4.78, 5) is 30.6. The van der Waals surface area contributed by atoms with E-state index >= 15 is 0 Å². The van der Waals surface area contributed by atoms with Gasteiger partial charge < -0.3 is 20.9 Å². The van der Waals surface area contributed by atoms with E-state index in [9.17, 15) is 14.7 Å². The van der Waals surface area contributed by atoms with Crippen molar-refractivity contribution in [3.05, 3.63) is 35.4 Å². The molecule has 0 aliphatic heterocycles. The van der Waals surface area contributed by atoms with E-state index in [2.05, 4.69) is 15.3 Å². The molecule has 2 aromatic rings. The predicted octanol–water partition coefficient (Wildman–Crippen LogP) is 1.20. The number of aromatic nitrogens is 2.